The Morgan fingerprint density at radius 2 is 1.82 bits per heavy atom. The second-order valence-electron chi connectivity index (χ2n) is 7.05. The van der Waals surface area contributed by atoms with Gasteiger partial charge in [0.2, 0.25) is 5.91 Å². The maximum absolute atomic E-state index is 13.0. The summed E-state index contributed by atoms with van der Waals surface area (Å²) in [5, 5.41) is 10.9. The summed E-state index contributed by atoms with van der Waals surface area (Å²) in [5.74, 6) is 0.895. The van der Waals surface area contributed by atoms with Crippen LogP contribution < -0.4 is 9.47 Å². The molecule has 1 N–H and O–H groups in total. The summed E-state index contributed by atoms with van der Waals surface area (Å²) in [6.07, 6.45) is 0.990. The lowest BCUT2D eigenvalue weighted by atomic mass is 9.86. The summed E-state index contributed by atoms with van der Waals surface area (Å²) >= 11 is 0. The summed E-state index contributed by atoms with van der Waals surface area (Å²) < 4.78 is 23.8. The molecule has 0 bridgehead atoms. The molecule has 150 valence electrons. The molecule has 1 atom stereocenters. The van der Waals surface area contributed by atoms with Crippen molar-refractivity contribution in [2.45, 2.75) is 25.4 Å². The maximum Gasteiger partial charge on any atom is 0.226 e. The van der Waals surface area contributed by atoms with Crippen LogP contribution in [0.3, 0.4) is 0 Å². The van der Waals surface area contributed by atoms with E-state index in [9.17, 15) is 14.3 Å². The molecule has 5 nitrogen and oxygen atoms in total. The fourth-order valence-electron chi connectivity index (χ4n) is 3.75. The lowest BCUT2D eigenvalue weighted by Gasteiger charge is -2.35. The first-order valence-corrected chi connectivity index (χ1v) is 9.44. The Labute approximate surface area is 164 Å². The van der Waals surface area contributed by atoms with Crippen molar-refractivity contribution in [1.82, 2.24) is 4.90 Å². The van der Waals surface area contributed by atoms with Crippen LogP contribution in [0.1, 0.15) is 30.1 Å². The second kappa shape index (κ2) is 9.06. The number of ether oxygens (including phenoxy) is 2. The number of benzene rings is 2. The number of carbonyl (C=O) groups excluding carboxylic acids is 1. The zero-order valence-corrected chi connectivity index (χ0v) is 16.2. The van der Waals surface area contributed by atoms with E-state index in [4.69, 9.17) is 9.47 Å². The molecule has 0 aliphatic carbocycles. The standard InChI is InChI=1S/C22H26FNO4/c1-27-19-5-3-4-18(22(19)28-2)21(26)16-10-12-24(13-11-16)20(25)14-15-6-8-17(23)9-7-15/h3-9,16,21,26H,10-14H2,1-2H3. The van der Waals surface area contributed by atoms with Crippen LogP contribution in [0.15, 0.2) is 42.5 Å². The average molecular weight is 387 g/mol. The molecule has 1 amide bonds. The fourth-order valence-corrected chi connectivity index (χ4v) is 3.75. The summed E-state index contributed by atoms with van der Waals surface area (Å²) in [6.45, 7) is 1.18. The number of aliphatic hydroxyl groups is 1. The highest BCUT2D eigenvalue weighted by Crippen LogP contribution is 2.40. The van der Waals surface area contributed by atoms with Gasteiger partial charge in [-0.2, -0.15) is 0 Å². The highest BCUT2D eigenvalue weighted by atomic mass is 19.1. The first-order chi connectivity index (χ1) is 13.5. The first-order valence-electron chi connectivity index (χ1n) is 9.44. The van der Waals surface area contributed by atoms with E-state index < -0.39 is 6.10 Å². The van der Waals surface area contributed by atoms with Crippen molar-refractivity contribution in [2.24, 2.45) is 5.92 Å². The number of hydrogen-bond acceptors (Lipinski definition) is 4. The molecule has 1 saturated heterocycles. The predicted octanol–water partition coefficient (Wildman–Crippen LogP) is 3.36. The number of halogens is 1. The average Bonchev–Trinajstić information content (AvgIpc) is 2.74. The molecule has 0 aromatic heterocycles. The van der Waals surface area contributed by atoms with Gasteiger partial charge in [0.1, 0.15) is 5.82 Å². The van der Waals surface area contributed by atoms with Crippen LogP contribution in [0.2, 0.25) is 0 Å². The van der Waals surface area contributed by atoms with Gasteiger partial charge in [0.15, 0.2) is 11.5 Å². The lowest BCUT2D eigenvalue weighted by Crippen LogP contribution is -2.40. The van der Waals surface area contributed by atoms with E-state index in [1.54, 1.807) is 32.4 Å². The Bertz CT molecular complexity index is 801. The molecular formula is C22H26FNO4. The second-order valence-corrected chi connectivity index (χ2v) is 7.05. The zero-order valence-electron chi connectivity index (χ0n) is 16.2. The molecule has 3 rings (SSSR count). The van der Waals surface area contributed by atoms with Gasteiger partial charge in [-0.3, -0.25) is 4.79 Å². The number of rotatable bonds is 6. The van der Waals surface area contributed by atoms with E-state index in [1.165, 1.54) is 12.1 Å². The highest BCUT2D eigenvalue weighted by molar-refractivity contribution is 5.78. The Kier molecular flexibility index (Phi) is 6.52. The first kappa shape index (κ1) is 20.1. The Morgan fingerprint density at radius 3 is 2.43 bits per heavy atom. The molecule has 2 aromatic rings. The molecule has 1 unspecified atom stereocenters. The zero-order chi connectivity index (χ0) is 20.1. The van der Waals surface area contributed by atoms with Crippen LogP contribution in [0.5, 0.6) is 11.5 Å². The van der Waals surface area contributed by atoms with Gasteiger partial charge in [-0.1, -0.05) is 24.3 Å². The monoisotopic (exact) mass is 387 g/mol. The predicted molar refractivity (Wildman–Crippen MR) is 104 cm³/mol. The lowest BCUT2D eigenvalue weighted by molar-refractivity contribution is -0.132. The minimum atomic E-state index is -0.681. The van der Waals surface area contributed by atoms with Gasteiger partial charge in [-0.05, 0) is 42.5 Å². The van der Waals surface area contributed by atoms with E-state index in [-0.39, 0.29) is 24.1 Å². The minimum Gasteiger partial charge on any atom is -0.493 e. The summed E-state index contributed by atoms with van der Waals surface area (Å²) in [6, 6.07) is 11.5. The highest BCUT2D eigenvalue weighted by Gasteiger charge is 2.30. The number of piperidine rings is 1. The number of likely N-dealkylation sites (tertiary alicyclic amines) is 1. The SMILES string of the molecule is COc1cccc(C(O)C2CCN(C(=O)Cc3ccc(F)cc3)CC2)c1OC. The molecular weight excluding hydrogens is 361 g/mol. The van der Waals surface area contributed by atoms with Gasteiger partial charge >= 0.3 is 0 Å². The number of methoxy groups -OCH3 is 2. The van der Waals surface area contributed by atoms with Crippen molar-refractivity contribution < 1.29 is 23.8 Å². The van der Waals surface area contributed by atoms with Crippen molar-refractivity contribution in [2.75, 3.05) is 27.3 Å². The van der Waals surface area contributed by atoms with Crippen molar-refractivity contribution in [3.63, 3.8) is 0 Å². The summed E-state index contributed by atoms with van der Waals surface area (Å²) in [7, 11) is 3.13. The van der Waals surface area contributed by atoms with E-state index in [1.807, 2.05) is 17.0 Å². The molecule has 0 spiro atoms. The number of aliphatic hydroxyl groups excluding tert-OH is 1. The van der Waals surface area contributed by atoms with Crippen LogP contribution >= 0.6 is 0 Å². The molecule has 1 fully saturated rings. The van der Waals surface area contributed by atoms with Gasteiger partial charge in [0.05, 0.1) is 26.7 Å². The van der Waals surface area contributed by atoms with Crippen molar-refractivity contribution in [3.8, 4) is 11.5 Å². The molecule has 28 heavy (non-hydrogen) atoms. The number of carbonyl (C=O) groups is 1. The number of para-hydroxylation sites is 1. The van der Waals surface area contributed by atoms with Crippen LogP contribution in [0, 0.1) is 11.7 Å². The summed E-state index contributed by atoms with van der Waals surface area (Å²) in [5.41, 5.74) is 1.51. The van der Waals surface area contributed by atoms with Crippen molar-refractivity contribution in [1.29, 1.82) is 0 Å². The molecule has 1 aliphatic heterocycles. The number of hydrogen-bond donors (Lipinski definition) is 1. The van der Waals surface area contributed by atoms with Gasteiger partial charge in [0.25, 0.3) is 0 Å². The smallest absolute Gasteiger partial charge is 0.226 e. The Morgan fingerprint density at radius 1 is 1.14 bits per heavy atom. The quantitative estimate of drug-likeness (QED) is 0.826. The van der Waals surface area contributed by atoms with E-state index in [2.05, 4.69) is 0 Å². The van der Waals surface area contributed by atoms with Crippen LogP contribution in [-0.2, 0) is 11.2 Å². The van der Waals surface area contributed by atoms with Crippen molar-refractivity contribution >= 4 is 5.91 Å². The molecule has 0 saturated carbocycles. The normalized spacial score (nSPS) is 15.9. The Balaban J connectivity index is 1.60. The summed E-state index contributed by atoms with van der Waals surface area (Å²) in [4.78, 5) is 14.3. The van der Waals surface area contributed by atoms with E-state index in [0.29, 0.717) is 43.0 Å². The molecule has 2 aromatic carbocycles. The van der Waals surface area contributed by atoms with Gasteiger partial charge in [-0.25, -0.2) is 4.39 Å². The van der Waals surface area contributed by atoms with Gasteiger partial charge in [0, 0.05) is 18.7 Å². The molecule has 1 heterocycles. The van der Waals surface area contributed by atoms with Gasteiger partial charge in [-0.15, -0.1) is 0 Å². The van der Waals surface area contributed by atoms with Crippen LogP contribution in [0.4, 0.5) is 4.39 Å². The Hall–Kier alpha value is -2.60. The topological polar surface area (TPSA) is 59.0 Å². The molecule has 6 heteroatoms. The number of amides is 1. The van der Waals surface area contributed by atoms with Crippen LogP contribution in [0.25, 0.3) is 0 Å². The van der Waals surface area contributed by atoms with E-state index >= 15 is 0 Å². The van der Waals surface area contributed by atoms with Crippen molar-refractivity contribution in [3.05, 3.63) is 59.4 Å². The van der Waals surface area contributed by atoms with Crippen LogP contribution in [-0.4, -0.2) is 43.2 Å². The third kappa shape index (κ3) is 4.44. The molecule has 1 aliphatic rings. The van der Waals surface area contributed by atoms with E-state index in [0.717, 1.165) is 5.56 Å². The molecule has 0 radical (unpaired) electrons. The van der Waals surface area contributed by atoms with Gasteiger partial charge < -0.3 is 19.5 Å². The maximum atomic E-state index is 13.0. The number of nitrogens with zero attached hydrogens (tertiary/aromatic N) is 1. The largest absolute Gasteiger partial charge is 0.493 e. The minimum absolute atomic E-state index is 0.0264. The fraction of sp³-hybridized carbons (Fsp3) is 0.409. The third-order valence-corrected chi connectivity index (χ3v) is 5.36. The third-order valence-electron chi connectivity index (χ3n) is 5.36.